The molecule has 0 bridgehead atoms. The monoisotopic (exact) mass is 363 g/mol. The molecule has 4 nitrogen and oxygen atoms in total. The van der Waals surface area contributed by atoms with Crippen molar-refractivity contribution in [1.82, 2.24) is 4.90 Å². The first-order valence-corrected chi connectivity index (χ1v) is 9.56. The molecule has 25 heavy (non-hydrogen) atoms. The summed E-state index contributed by atoms with van der Waals surface area (Å²) in [6.45, 7) is 3.97. The number of likely N-dealkylation sites (tertiary alicyclic amines) is 1. The smallest absolute Gasteiger partial charge is 0.317 e. The second kappa shape index (κ2) is 7.36. The summed E-state index contributed by atoms with van der Waals surface area (Å²) in [6, 6.07) is 7.80. The van der Waals surface area contributed by atoms with Crippen molar-refractivity contribution in [1.29, 1.82) is 0 Å². The first-order valence-electron chi connectivity index (χ1n) is 9.18. The topological polar surface area (TPSA) is 46.6 Å². The highest BCUT2D eigenvalue weighted by molar-refractivity contribution is 6.30. The summed E-state index contributed by atoms with van der Waals surface area (Å²) < 4.78 is 5.48. The van der Waals surface area contributed by atoms with Crippen LogP contribution in [0.15, 0.2) is 24.3 Å². The fourth-order valence-electron chi connectivity index (χ4n) is 4.16. The second-order valence-electron chi connectivity index (χ2n) is 7.45. The van der Waals surface area contributed by atoms with Gasteiger partial charge in [-0.15, -0.1) is 0 Å². The number of amides is 1. The number of carbonyl (C=O) groups excluding carboxylic acids is 2. The van der Waals surface area contributed by atoms with Crippen molar-refractivity contribution in [3.63, 3.8) is 0 Å². The van der Waals surface area contributed by atoms with Gasteiger partial charge in [0.25, 0.3) is 5.91 Å². The van der Waals surface area contributed by atoms with Gasteiger partial charge in [-0.1, -0.05) is 30.2 Å². The van der Waals surface area contributed by atoms with E-state index in [-0.39, 0.29) is 30.6 Å². The largest absolute Gasteiger partial charge is 0.455 e. The maximum Gasteiger partial charge on any atom is 0.317 e. The van der Waals surface area contributed by atoms with Gasteiger partial charge >= 0.3 is 5.97 Å². The summed E-state index contributed by atoms with van der Waals surface area (Å²) in [5, 5.41) is 0.648. The molecule has 1 aliphatic heterocycles. The third-order valence-corrected chi connectivity index (χ3v) is 6.05. The van der Waals surface area contributed by atoms with Gasteiger partial charge in [-0.2, -0.15) is 0 Å². The Balaban J connectivity index is 1.65. The van der Waals surface area contributed by atoms with E-state index in [0.717, 1.165) is 44.1 Å². The molecular weight excluding hydrogens is 338 g/mol. The van der Waals surface area contributed by atoms with Crippen LogP contribution in [-0.2, 0) is 19.7 Å². The standard InChI is InChI=1S/C20H26ClNO3/c1-14-5-3-6-15(2)22(14)18(23)13-25-19(24)20(11-4-12-20)16-7-9-17(21)10-8-16/h7-10,14-15H,3-6,11-13H2,1-2H3. The van der Waals surface area contributed by atoms with E-state index < -0.39 is 5.41 Å². The van der Waals surface area contributed by atoms with Gasteiger partial charge in [-0.3, -0.25) is 9.59 Å². The predicted octanol–water partition coefficient (Wildman–Crippen LogP) is 4.09. The van der Waals surface area contributed by atoms with E-state index in [9.17, 15) is 9.59 Å². The molecule has 1 amide bonds. The zero-order valence-electron chi connectivity index (χ0n) is 15.0. The van der Waals surface area contributed by atoms with Gasteiger partial charge in [0.05, 0.1) is 5.41 Å². The molecule has 1 aliphatic carbocycles. The first-order chi connectivity index (χ1) is 11.9. The molecule has 5 heteroatoms. The Kier molecular flexibility index (Phi) is 5.38. The van der Waals surface area contributed by atoms with E-state index in [1.54, 1.807) is 12.1 Å². The summed E-state index contributed by atoms with van der Waals surface area (Å²) in [5.74, 6) is -0.370. The molecule has 0 N–H and O–H groups in total. The Morgan fingerprint density at radius 3 is 2.24 bits per heavy atom. The van der Waals surface area contributed by atoms with Crippen LogP contribution in [0.5, 0.6) is 0 Å². The van der Waals surface area contributed by atoms with Gasteiger partial charge in [0.15, 0.2) is 6.61 Å². The molecule has 2 aliphatic rings. The quantitative estimate of drug-likeness (QED) is 0.757. The maximum absolute atomic E-state index is 12.8. The van der Waals surface area contributed by atoms with E-state index >= 15 is 0 Å². The van der Waals surface area contributed by atoms with Crippen molar-refractivity contribution in [3.05, 3.63) is 34.9 Å². The summed E-state index contributed by atoms with van der Waals surface area (Å²) in [5.41, 5.74) is 0.324. The van der Waals surface area contributed by atoms with Gasteiger partial charge in [0.2, 0.25) is 0 Å². The SMILES string of the molecule is CC1CCCC(C)N1C(=O)COC(=O)C1(c2ccc(Cl)cc2)CCC1. The normalized spacial score (nSPS) is 25.2. The zero-order valence-corrected chi connectivity index (χ0v) is 15.7. The van der Waals surface area contributed by atoms with Crippen LogP contribution in [0.2, 0.25) is 5.02 Å². The molecule has 0 aromatic heterocycles. The lowest BCUT2D eigenvalue weighted by atomic mass is 9.64. The number of hydrogen-bond donors (Lipinski definition) is 0. The Morgan fingerprint density at radius 2 is 1.72 bits per heavy atom. The number of esters is 1. The molecule has 1 saturated heterocycles. The fourth-order valence-corrected chi connectivity index (χ4v) is 4.29. The molecule has 0 radical (unpaired) electrons. The number of hydrogen-bond acceptors (Lipinski definition) is 3. The van der Waals surface area contributed by atoms with Crippen molar-refractivity contribution in [2.45, 2.75) is 69.9 Å². The molecule has 1 saturated carbocycles. The highest BCUT2D eigenvalue weighted by atomic mass is 35.5. The first kappa shape index (κ1) is 18.2. The number of carbonyl (C=O) groups is 2. The van der Waals surface area contributed by atoms with E-state index in [1.807, 2.05) is 17.0 Å². The minimum Gasteiger partial charge on any atom is -0.455 e. The maximum atomic E-state index is 12.8. The summed E-state index contributed by atoms with van der Waals surface area (Å²) >= 11 is 5.95. The van der Waals surface area contributed by atoms with Gasteiger partial charge in [-0.25, -0.2) is 0 Å². The van der Waals surface area contributed by atoms with Crippen molar-refractivity contribution in [2.75, 3.05) is 6.61 Å². The van der Waals surface area contributed by atoms with E-state index in [2.05, 4.69) is 13.8 Å². The lowest BCUT2D eigenvalue weighted by Crippen LogP contribution is -2.50. The van der Waals surface area contributed by atoms with Crippen molar-refractivity contribution in [3.8, 4) is 0 Å². The van der Waals surface area contributed by atoms with Crippen LogP contribution in [0, 0.1) is 0 Å². The van der Waals surface area contributed by atoms with Crippen LogP contribution in [-0.4, -0.2) is 35.5 Å². The molecular formula is C20H26ClNO3. The molecule has 0 spiro atoms. The van der Waals surface area contributed by atoms with Crippen LogP contribution in [0.3, 0.4) is 0 Å². The van der Waals surface area contributed by atoms with E-state index in [1.165, 1.54) is 0 Å². The highest BCUT2D eigenvalue weighted by Crippen LogP contribution is 2.45. The van der Waals surface area contributed by atoms with E-state index in [4.69, 9.17) is 16.3 Å². The second-order valence-corrected chi connectivity index (χ2v) is 7.89. The fraction of sp³-hybridized carbons (Fsp3) is 0.600. The molecule has 2 fully saturated rings. The number of benzene rings is 1. The molecule has 1 aromatic rings. The summed E-state index contributed by atoms with van der Waals surface area (Å²) in [6.07, 6.45) is 5.69. The van der Waals surface area contributed by atoms with Crippen LogP contribution in [0.4, 0.5) is 0 Å². The molecule has 2 unspecified atom stereocenters. The Hall–Kier alpha value is -1.55. The average molecular weight is 364 g/mol. The molecule has 3 rings (SSSR count). The minimum absolute atomic E-state index is 0.0846. The molecule has 1 aromatic carbocycles. The van der Waals surface area contributed by atoms with Crippen molar-refractivity contribution in [2.24, 2.45) is 0 Å². The van der Waals surface area contributed by atoms with Gasteiger partial charge in [-0.05, 0) is 63.6 Å². The Labute approximate surface area is 154 Å². The zero-order chi connectivity index (χ0) is 18.0. The van der Waals surface area contributed by atoms with Gasteiger partial charge < -0.3 is 9.64 Å². The summed E-state index contributed by atoms with van der Waals surface area (Å²) in [4.78, 5) is 27.2. The predicted molar refractivity (Wildman–Crippen MR) is 97.6 cm³/mol. The van der Waals surface area contributed by atoms with Crippen LogP contribution < -0.4 is 0 Å². The number of rotatable bonds is 4. The lowest BCUT2D eigenvalue weighted by molar-refractivity contribution is -0.162. The third-order valence-electron chi connectivity index (χ3n) is 5.80. The average Bonchev–Trinajstić information content (AvgIpc) is 2.53. The van der Waals surface area contributed by atoms with E-state index in [0.29, 0.717) is 5.02 Å². The Bertz CT molecular complexity index is 629. The number of ether oxygens (including phenoxy) is 1. The number of halogens is 1. The number of nitrogens with zero attached hydrogens (tertiary/aromatic N) is 1. The van der Waals surface area contributed by atoms with Crippen molar-refractivity contribution < 1.29 is 14.3 Å². The van der Waals surface area contributed by atoms with Crippen LogP contribution >= 0.6 is 11.6 Å². The Morgan fingerprint density at radius 1 is 1.12 bits per heavy atom. The molecule has 1 heterocycles. The third kappa shape index (κ3) is 3.55. The van der Waals surface area contributed by atoms with Gasteiger partial charge in [0.1, 0.15) is 0 Å². The summed E-state index contributed by atoms with van der Waals surface area (Å²) in [7, 11) is 0. The van der Waals surface area contributed by atoms with Crippen LogP contribution in [0.1, 0.15) is 57.9 Å². The minimum atomic E-state index is -0.607. The highest BCUT2D eigenvalue weighted by Gasteiger charge is 2.47. The molecule has 136 valence electrons. The lowest BCUT2D eigenvalue weighted by Gasteiger charge is -2.41. The molecule has 2 atom stereocenters. The van der Waals surface area contributed by atoms with Gasteiger partial charge in [0, 0.05) is 17.1 Å². The van der Waals surface area contributed by atoms with Crippen LogP contribution in [0.25, 0.3) is 0 Å². The number of piperidine rings is 1. The van der Waals surface area contributed by atoms with Crippen molar-refractivity contribution >= 4 is 23.5 Å².